The highest BCUT2D eigenvalue weighted by molar-refractivity contribution is 9.10. The van der Waals surface area contributed by atoms with Crippen molar-refractivity contribution in [2.45, 2.75) is 6.92 Å². The van der Waals surface area contributed by atoms with E-state index in [0.717, 1.165) is 16.6 Å². The molecule has 2 aromatic rings. The van der Waals surface area contributed by atoms with Gasteiger partial charge in [-0.05, 0) is 13.0 Å². The van der Waals surface area contributed by atoms with Crippen molar-refractivity contribution >= 4 is 27.8 Å². The van der Waals surface area contributed by atoms with E-state index in [1.165, 1.54) is 0 Å². The number of anilines is 2. The van der Waals surface area contributed by atoms with Gasteiger partial charge in [0.2, 0.25) is 11.9 Å². The Bertz CT molecular complexity index is 571. The zero-order valence-corrected chi connectivity index (χ0v) is 12.8. The maximum atomic E-state index is 4.48. The van der Waals surface area contributed by atoms with Crippen LogP contribution in [0.1, 0.15) is 6.92 Å². The molecule has 0 aliphatic rings. The molecule has 0 bridgehead atoms. The first-order chi connectivity index (χ1) is 9.11. The second kappa shape index (κ2) is 5.97. The zero-order chi connectivity index (χ0) is 13.8. The van der Waals surface area contributed by atoms with Crippen LogP contribution in [0, 0.1) is 0 Å². The molecule has 0 radical (unpaired) electrons. The van der Waals surface area contributed by atoms with E-state index in [1.807, 2.05) is 50.2 Å². The molecule has 0 spiro atoms. The van der Waals surface area contributed by atoms with Crippen molar-refractivity contribution in [3.63, 3.8) is 0 Å². The third kappa shape index (κ3) is 3.20. The molecule has 0 saturated heterocycles. The van der Waals surface area contributed by atoms with E-state index in [9.17, 15) is 0 Å². The lowest BCUT2D eigenvalue weighted by atomic mass is 10.2. The first-order valence-electron chi connectivity index (χ1n) is 6.04. The highest BCUT2D eigenvalue weighted by atomic mass is 79.9. The largest absolute Gasteiger partial charge is 0.354 e. The van der Waals surface area contributed by atoms with Crippen molar-refractivity contribution in [3.8, 4) is 11.4 Å². The molecule has 0 saturated carbocycles. The predicted octanol–water partition coefficient (Wildman–Crippen LogP) is 2.80. The molecule has 0 unspecified atom stereocenters. The number of nitrogens with zero attached hydrogens (tertiary/aromatic N) is 4. The molecule has 0 aliphatic carbocycles. The fourth-order valence-electron chi connectivity index (χ4n) is 1.56. The second-order valence-corrected chi connectivity index (χ2v) is 5.04. The van der Waals surface area contributed by atoms with Crippen LogP contribution in [-0.4, -0.2) is 35.6 Å². The fourth-order valence-corrected chi connectivity index (χ4v) is 2.03. The Morgan fingerprint density at radius 3 is 2.53 bits per heavy atom. The molecule has 5 nitrogen and oxygen atoms in total. The molecule has 19 heavy (non-hydrogen) atoms. The van der Waals surface area contributed by atoms with Gasteiger partial charge in [-0.2, -0.15) is 15.0 Å². The summed E-state index contributed by atoms with van der Waals surface area (Å²) in [5, 5.41) is 3.13. The van der Waals surface area contributed by atoms with Crippen LogP contribution in [0.4, 0.5) is 11.9 Å². The van der Waals surface area contributed by atoms with E-state index in [0.29, 0.717) is 17.7 Å². The van der Waals surface area contributed by atoms with E-state index >= 15 is 0 Å². The number of hydrogen-bond acceptors (Lipinski definition) is 5. The van der Waals surface area contributed by atoms with Crippen LogP contribution in [0.15, 0.2) is 28.7 Å². The fraction of sp³-hybridized carbons (Fsp3) is 0.308. The summed E-state index contributed by atoms with van der Waals surface area (Å²) >= 11 is 3.52. The molecule has 1 heterocycles. The summed E-state index contributed by atoms with van der Waals surface area (Å²) < 4.78 is 0.966. The van der Waals surface area contributed by atoms with Crippen LogP contribution in [0.25, 0.3) is 11.4 Å². The lowest BCUT2D eigenvalue weighted by Crippen LogP contribution is -2.15. The van der Waals surface area contributed by atoms with Gasteiger partial charge in [-0.1, -0.05) is 34.1 Å². The normalized spacial score (nSPS) is 10.3. The molecule has 100 valence electrons. The SMILES string of the molecule is CCNc1nc(-c2ccccc2Br)nc(N(C)C)n1. The molecule has 0 atom stereocenters. The van der Waals surface area contributed by atoms with Crippen LogP contribution in [0.2, 0.25) is 0 Å². The van der Waals surface area contributed by atoms with Crippen molar-refractivity contribution in [2.75, 3.05) is 30.9 Å². The summed E-state index contributed by atoms with van der Waals surface area (Å²) in [5.41, 5.74) is 0.951. The summed E-state index contributed by atoms with van der Waals surface area (Å²) in [6.07, 6.45) is 0. The van der Waals surface area contributed by atoms with E-state index in [1.54, 1.807) is 0 Å². The number of nitrogens with one attached hydrogen (secondary N) is 1. The average Bonchev–Trinajstić information content (AvgIpc) is 2.39. The van der Waals surface area contributed by atoms with E-state index in [-0.39, 0.29) is 0 Å². The first-order valence-corrected chi connectivity index (χ1v) is 6.83. The molecule has 0 amide bonds. The van der Waals surface area contributed by atoms with Crippen molar-refractivity contribution in [2.24, 2.45) is 0 Å². The lowest BCUT2D eigenvalue weighted by molar-refractivity contribution is 0.953. The summed E-state index contributed by atoms with van der Waals surface area (Å²) in [6, 6.07) is 7.88. The van der Waals surface area contributed by atoms with Crippen molar-refractivity contribution in [1.29, 1.82) is 0 Å². The maximum absolute atomic E-state index is 4.48. The van der Waals surface area contributed by atoms with Gasteiger partial charge in [-0.3, -0.25) is 0 Å². The van der Waals surface area contributed by atoms with Gasteiger partial charge in [-0.15, -0.1) is 0 Å². The van der Waals surface area contributed by atoms with Gasteiger partial charge in [0, 0.05) is 30.7 Å². The minimum absolute atomic E-state index is 0.590. The highest BCUT2D eigenvalue weighted by Crippen LogP contribution is 2.26. The molecule has 1 aromatic heterocycles. The Labute approximate surface area is 121 Å². The summed E-state index contributed by atoms with van der Waals surface area (Å²) in [4.78, 5) is 15.1. The summed E-state index contributed by atoms with van der Waals surface area (Å²) in [7, 11) is 3.82. The zero-order valence-electron chi connectivity index (χ0n) is 11.2. The Balaban J connectivity index is 2.53. The maximum Gasteiger partial charge on any atom is 0.230 e. The molecule has 0 aliphatic heterocycles. The monoisotopic (exact) mass is 321 g/mol. The number of aromatic nitrogens is 3. The minimum Gasteiger partial charge on any atom is -0.354 e. The van der Waals surface area contributed by atoms with Crippen LogP contribution < -0.4 is 10.2 Å². The molecular weight excluding hydrogens is 306 g/mol. The molecule has 1 N–H and O–H groups in total. The van der Waals surface area contributed by atoms with Gasteiger partial charge in [0.1, 0.15) is 0 Å². The quantitative estimate of drug-likeness (QED) is 0.938. The lowest BCUT2D eigenvalue weighted by Gasteiger charge is -2.13. The Kier molecular flexibility index (Phi) is 4.31. The third-order valence-electron chi connectivity index (χ3n) is 2.47. The summed E-state index contributed by atoms with van der Waals surface area (Å²) in [6.45, 7) is 2.78. The van der Waals surface area contributed by atoms with Gasteiger partial charge >= 0.3 is 0 Å². The van der Waals surface area contributed by atoms with Crippen molar-refractivity contribution in [3.05, 3.63) is 28.7 Å². The van der Waals surface area contributed by atoms with Crippen molar-refractivity contribution < 1.29 is 0 Å². The van der Waals surface area contributed by atoms with Crippen LogP contribution in [0.3, 0.4) is 0 Å². The van der Waals surface area contributed by atoms with Gasteiger partial charge in [0.15, 0.2) is 5.82 Å². The Hall–Kier alpha value is -1.69. The van der Waals surface area contributed by atoms with E-state index < -0.39 is 0 Å². The molecule has 6 heteroatoms. The molecule has 2 rings (SSSR count). The van der Waals surface area contributed by atoms with Gasteiger partial charge in [0.25, 0.3) is 0 Å². The first kappa shape index (κ1) is 13.7. The standard InChI is InChI=1S/C13H16BrN5/c1-4-15-12-16-11(17-13(18-12)19(2)3)9-7-5-6-8-10(9)14/h5-8H,4H2,1-3H3,(H,15,16,17,18). The van der Waals surface area contributed by atoms with E-state index in [4.69, 9.17) is 0 Å². The van der Waals surface area contributed by atoms with Crippen molar-refractivity contribution in [1.82, 2.24) is 15.0 Å². The van der Waals surface area contributed by atoms with Gasteiger partial charge < -0.3 is 10.2 Å². The third-order valence-corrected chi connectivity index (χ3v) is 3.16. The van der Waals surface area contributed by atoms with Gasteiger partial charge in [-0.25, -0.2) is 0 Å². The summed E-state index contributed by atoms with van der Waals surface area (Å²) in [5.74, 6) is 1.88. The topological polar surface area (TPSA) is 53.9 Å². The van der Waals surface area contributed by atoms with Crippen LogP contribution >= 0.6 is 15.9 Å². The Morgan fingerprint density at radius 1 is 1.16 bits per heavy atom. The average molecular weight is 322 g/mol. The predicted molar refractivity (Wildman–Crippen MR) is 81.5 cm³/mol. The van der Waals surface area contributed by atoms with Gasteiger partial charge in [0.05, 0.1) is 0 Å². The van der Waals surface area contributed by atoms with Crippen LogP contribution in [0.5, 0.6) is 0 Å². The van der Waals surface area contributed by atoms with Crippen LogP contribution in [-0.2, 0) is 0 Å². The Morgan fingerprint density at radius 2 is 1.89 bits per heavy atom. The number of halogens is 1. The van der Waals surface area contributed by atoms with E-state index in [2.05, 4.69) is 36.2 Å². The highest BCUT2D eigenvalue weighted by Gasteiger charge is 2.11. The second-order valence-electron chi connectivity index (χ2n) is 4.19. The number of hydrogen-bond donors (Lipinski definition) is 1. The molecule has 0 fully saturated rings. The minimum atomic E-state index is 0.590. The smallest absolute Gasteiger partial charge is 0.230 e. The number of rotatable bonds is 4. The molecule has 1 aromatic carbocycles. The molecular formula is C13H16BrN5. The number of benzene rings is 1.